The van der Waals surface area contributed by atoms with E-state index in [4.69, 9.17) is 4.55 Å². The maximum Gasteiger partial charge on any atom is 0.265 e. The second-order valence-electron chi connectivity index (χ2n) is 15.6. The van der Waals surface area contributed by atoms with Gasteiger partial charge in [0, 0.05) is 25.8 Å². The van der Waals surface area contributed by atoms with Gasteiger partial charge in [0.05, 0.1) is 45.1 Å². The molecule has 41 heavy (non-hydrogen) atoms. The number of aliphatic hydroxyl groups excluding tert-OH is 2. The fourth-order valence-corrected chi connectivity index (χ4v) is 10.9. The van der Waals surface area contributed by atoms with Crippen LogP contribution in [0.4, 0.5) is 0 Å². The molecular weight excluding hydrogens is 540 g/mol. The zero-order valence-electron chi connectivity index (χ0n) is 26.4. The number of fused-ring (bicyclic) bond motifs is 5. The van der Waals surface area contributed by atoms with Crippen molar-refractivity contribution < 1.29 is 32.5 Å². The van der Waals surface area contributed by atoms with E-state index in [0.717, 1.165) is 45.1 Å². The van der Waals surface area contributed by atoms with Crippen molar-refractivity contribution in [1.82, 2.24) is 5.32 Å². The van der Waals surface area contributed by atoms with E-state index in [-0.39, 0.29) is 34.7 Å². The average Bonchev–Trinajstić information content (AvgIpc) is 3.23. The fourth-order valence-electron chi connectivity index (χ4n) is 10.4. The Balaban J connectivity index is 1.26. The number of quaternary nitrogens is 1. The highest BCUT2D eigenvalue weighted by atomic mass is 32.2. The monoisotopic (exact) mass is 599 g/mol. The first-order valence-electron chi connectivity index (χ1n) is 16.5. The summed E-state index contributed by atoms with van der Waals surface area (Å²) in [6.45, 7) is 9.08. The van der Waals surface area contributed by atoms with Crippen molar-refractivity contribution in [2.75, 3.05) is 39.5 Å². The van der Waals surface area contributed by atoms with Crippen LogP contribution >= 0.6 is 0 Å². The molecule has 0 aromatic rings. The van der Waals surface area contributed by atoms with Crippen LogP contribution in [0.1, 0.15) is 97.8 Å². The first-order valence-corrected chi connectivity index (χ1v) is 18.1. The predicted molar refractivity (Wildman–Crippen MR) is 162 cm³/mol. The van der Waals surface area contributed by atoms with E-state index in [1.54, 1.807) is 0 Å². The molecule has 0 spiro atoms. The number of rotatable bonds is 12. The van der Waals surface area contributed by atoms with Crippen LogP contribution in [-0.2, 0) is 14.9 Å². The zero-order valence-corrected chi connectivity index (χ0v) is 27.2. The molecule has 0 heterocycles. The van der Waals surface area contributed by atoms with Gasteiger partial charge in [-0.1, -0.05) is 33.6 Å². The van der Waals surface area contributed by atoms with Crippen molar-refractivity contribution >= 4 is 16.0 Å². The summed E-state index contributed by atoms with van der Waals surface area (Å²) in [7, 11) is 0.142. The van der Waals surface area contributed by atoms with E-state index in [9.17, 15) is 23.4 Å². The molecule has 0 bridgehead atoms. The van der Waals surface area contributed by atoms with Gasteiger partial charge in [0.1, 0.15) is 0 Å². The minimum atomic E-state index is -3.92. The van der Waals surface area contributed by atoms with Crippen LogP contribution in [0, 0.1) is 46.3 Å². The van der Waals surface area contributed by atoms with Gasteiger partial charge in [-0.05, 0) is 91.3 Å². The highest BCUT2D eigenvalue weighted by molar-refractivity contribution is 7.85. The Bertz CT molecular complexity index is 1020. The molecule has 4 N–H and O–H groups in total. The van der Waals surface area contributed by atoms with E-state index in [1.807, 2.05) is 14.1 Å². The summed E-state index contributed by atoms with van der Waals surface area (Å²) < 4.78 is 31.5. The van der Waals surface area contributed by atoms with Crippen LogP contribution < -0.4 is 5.32 Å². The molecule has 4 aliphatic rings. The second kappa shape index (κ2) is 12.7. The molecule has 0 radical (unpaired) electrons. The lowest BCUT2D eigenvalue weighted by Gasteiger charge is -2.63. The standard InChI is InChI=1S/C32H58N2O6S/c1-22(11-14-29(37)33-16-8-17-34(4,5)18-9-19-41(38,39)40)24-12-13-25-30-26(21-28(36)32(24,25)3)31(2)15-7-6-10-23(31)20-27(30)35/h22-28,30,35-36H,6-21H2,1-5H3,(H-,33,37,38,39,40)/p+1. The van der Waals surface area contributed by atoms with Crippen LogP contribution in [0.25, 0.3) is 0 Å². The van der Waals surface area contributed by atoms with Crippen LogP contribution in [-0.4, -0.2) is 85.3 Å². The van der Waals surface area contributed by atoms with Crippen molar-refractivity contribution in [2.45, 2.75) is 110 Å². The summed E-state index contributed by atoms with van der Waals surface area (Å²) in [4.78, 5) is 12.7. The Hall–Kier alpha value is -0.740. The molecule has 0 aromatic carbocycles. The third-order valence-corrected chi connectivity index (χ3v) is 13.5. The van der Waals surface area contributed by atoms with E-state index in [0.29, 0.717) is 65.9 Å². The van der Waals surface area contributed by atoms with Gasteiger partial charge >= 0.3 is 0 Å². The number of aliphatic hydroxyl groups is 2. The lowest BCUT2D eigenvalue weighted by molar-refractivity contribution is -0.890. The maximum absolute atomic E-state index is 12.7. The Labute approximate surface area is 249 Å². The van der Waals surface area contributed by atoms with Crippen molar-refractivity contribution in [3.05, 3.63) is 0 Å². The first-order chi connectivity index (χ1) is 19.1. The number of carbonyl (C=O) groups is 1. The smallest absolute Gasteiger partial charge is 0.265 e. The molecule has 8 nitrogen and oxygen atoms in total. The topological polar surface area (TPSA) is 124 Å². The third kappa shape index (κ3) is 7.16. The predicted octanol–water partition coefficient (Wildman–Crippen LogP) is 4.25. The van der Waals surface area contributed by atoms with Crippen LogP contribution in [0.15, 0.2) is 0 Å². The van der Waals surface area contributed by atoms with E-state index >= 15 is 0 Å². The van der Waals surface area contributed by atoms with Crippen molar-refractivity contribution in [2.24, 2.45) is 46.3 Å². The van der Waals surface area contributed by atoms with Crippen LogP contribution in [0.3, 0.4) is 0 Å². The van der Waals surface area contributed by atoms with Crippen LogP contribution in [0.2, 0.25) is 0 Å². The number of hydrogen-bond acceptors (Lipinski definition) is 5. The van der Waals surface area contributed by atoms with Gasteiger partial charge in [-0.15, -0.1) is 0 Å². The molecule has 0 aliphatic heterocycles. The highest BCUT2D eigenvalue weighted by Gasteiger charge is 2.65. The zero-order chi connectivity index (χ0) is 30.2. The quantitative estimate of drug-likeness (QED) is 0.151. The molecule has 4 aliphatic carbocycles. The molecule has 0 aromatic heterocycles. The lowest BCUT2D eigenvalue weighted by atomic mass is 9.43. The minimum Gasteiger partial charge on any atom is -0.393 e. The minimum absolute atomic E-state index is 0.0662. The van der Waals surface area contributed by atoms with Crippen molar-refractivity contribution in [3.63, 3.8) is 0 Å². The number of nitrogens with one attached hydrogen (secondary N) is 1. The van der Waals surface area contributed by atoms with E-state index in [2.05, 4.69) is 26.1 Å². The molecule has 4 saturated carbocycles. The molecule has 238 valence electrons. The van der Waals surface area contributed by atoms with Gasteiger partial charge in [0.15, 0.2) is 0 Å². The van der Waals surface area contributed by atoms with Crippen LogP contribution in [0.5, 0.6) is 0 Å². The molecule has 4 fully saturated rings. The van der Waals surface area contributed by atoms with Gasteiger partial charge in [0.25, 0.3) is 10.1 Å². The molecule has 0 saturated heterocycles. The third-order valence-electron chi connectivity index (χ3n) is 12.7. The number of hydrogen-bond donors (Lipinski definition) is 4. The fraction of sp³-hybridized carbons (Fsp3) is 0.969. The normalized spacial score (nSPS) is 39.9. The van der Waals surface area contributed by atoms with Gasteiger partial charge in [0.2, 0.25) is 5.91 Å². The Morgan fingerprint density at radius 3 is 2.44 bits per heavy atom. The summed E-state index contributed by atoms with van der Waals surface area (Å²) in [6, 6.07) is 0. The van der Waals surface area contributed by atoms with Gasteiger partial charge in [-0.2, -0.15) is 8.42 Å². The maximum atomic E-state index is 12.7. The number of amides is 1. The Kier molecular flexibility index (Phi) is 10.3. The molecule has 4 rings (SSSR count). The highest BCUT2D eigenvalue weighted by Crippen LogP contribution is 2.68. The molecular formula is C32H59N2O6S+. The molecule has 10 atom stereocenters. The summed E-state index contributed by atoms with van der Waals surface area (Å²) in [5.74, 6) is 2.19. The summed E-state index contributed by atoms with van der Waals surface area (Å²) in [5.41, 5.74) is 0.0508. The SMILES string of the molecule is CC(CCC(=O)NCCC[N+](C)(C)CCCS(=O)(=O)O)C1CCC2C3C(O)CC4CCCCC4(C)C3CC(O)C12C. The second-order valence-corrected chi connectivity index (χ2v) is 17.2. The lowest BCUT2D eigenvalue weighted by Crippen LogP contribution is -2.61. The summed E-state index contributed by atoms with van der Waals surface area (Å²) in [6.07, 6.45) is 10.8. The Morgan fingerprint density at radius 1 is 1.02 bits per heavy atom. The van der Waals surface area contributed by atoms with Gasteiger partial charge < -0.3 is 20.0 Å². The van der Waals surface area contributed by atoms with Gasteiger partial charge in [-0.25, -0.2) is 0 Å². The Morgan fingerprint density at radius 2 is 1.73 bits per heavy atom. The molecule has 9 heteroatoms. The number of nitrogens with zero attached hydrogens (tertiary/aromatic N) is 1. The van der Waals surface area contributed by atoms with Crippen molar-refractivity contribution in [3.8, 4) is 0 Å². The van der Waals surface area contributed by atoms with Gasteiger partial charge in [-0.3, -0.25) is 9.35 Å². The van der Waals surface area contributed by atoms with Crippen molar-refractivity contribution in [1.29, 1.82) is 0 Å². The van der Waals surface area contributed by atoms with E-state index < -0.39 is 10.1 Å². The average molecular weight is 600 g/mol. The molecule has 10 unspecified atom stereocenters. The summed E-state index contributed by atoms with van der Waals surface area (Å²) in [5, 5.41) is 26.3. The number of carbonyl (C=O) groups excluding carboxylic acids is 1. The summed E-state index contributed by atoms with van der Waals surface area (Å²) >= 11 is 0. The van der Waals surface area contributed by atoms with E-state index in [1.165, 1.54) is 25.7 Å². The molecule has 1 amide bonds. The largest absolute Gasteiger partial charge is 0.393 e. The first kappa shape index (κ1) is 33.2.